The molecule has 3 rings (SSSR count). The molecule has 3 aromatic rings. The molecule has 0 spiro atoms. The largest absolute Gasteiger partial charge is 0.324 e. The molecule has 0 aliphatic carbocycles. The summed E-state index contributed by atoms with van der Waals surface area (Å²) < 4.78 is 2.08. The van der Waals surface area contributed by atoms with Gasteiger partial charge in [-0.1, -0.05) is 24.3 Å². The van der Waals surface area contributed by atoms with Crippen LogP contribution in [0.25, 0.3) is 16.7 Å². The van der Waals surface area contributed by atoms with Crippen molar-refractivity contribution in [2.75, 3.05) is 0 Å². The molecule has 3 nitrogen and oxygen atoms in total. The molecule has 0 saturated carbocycles. The van der Waals surface area contributed by atoms with E-state index in [2.05, 4.69) is 27.8 Å². The van der Waals surface area contributed by atoms with Gasteiger partial charge in [0.25, 0.3) is 0 Å². The second kappa shape index (κ2) is 4.27. The van der Waals surface area contributed by atoms with E-state index < -0.39 is 0 Å². The Morgan fingerprint density at radius 1 is 1.11 bits per heavy atom. The predicted octanol–water partition coefficient (Wildman–Crippen LogP) is 3.05. The first-order valence-corrected chi connectivity index (χ1v) is 6.04. The lowest BCUT2D eigenvalue weighted by molar-refractivity contribution is 0.816. The van der Waals surface area contributed by atoms with Crippen molar-refractivity contribution in [2.24, 2.45) is 5.73 Å². The molecule has 0 radical (unpaired) electrons. The third-order valence-corrected chi connectivity index (χ3v) is 3.13. The molecule has 2 aromatic carbocycles. The van der Waals surface area contributed by atoms with Crippen molar-refractivity contribution < 1.29 is 0 Å². The van der Waals surface area contributed by atoms with Gasteiger partial charge in [0.2, 0.25) is 0 Å². The van der Waals surface area contributed by atoms with Gasteiger partial charge in [-0.2, -0.15) is 0 Å². The third kappa shape index (κ3) is 1.79. The fourth-order valence-corrected chi connectivity index (χ4v) is 2.12. The number of para-hydroxylation sites is 2. The van der Waals surface area contributed by atoms with Crippen molar-refractivity contribution in [1.82, 2.24) is 9.55 Å². The van der Waals surface area contributed by atoms with Crippen LogP contribution in [0.1, 0.15) is 18.5 Å². The van der Waals surface area contributed by atoms with Gasteiger partial charge in [-0.3, -0.25) is 4.57 Å². The molecule has 0 aliphatic heterocycles. The summed E-state index contributed by atoms with van der Waals surface area (Å²) in [5.74, 6) is 0. The van der Waals surface area contributed by atoms with Crippen LogP contribution in [0.3, 0.4) is 0 Å². The van der Waals surface area contributed by atoms with E-state index in [1.54, 1.807) is 0 Å². The lowest BCUT2D eigenvalue weighted by atomic mass is 10.1. The maximum Gasteiger partial charge on any atom is 0.100 e. The summed E-state index contributed by atoms with van der Waals surface area (Å²) in [7, 11) is 0. The highest BCUT2D eigenvalue weighted by molar-refractivity contribution is 5.77. The molecule has 0 fully saturated rings. The molecule has 1 aromatic heterocycles. The summed E-state index contributed by atoms with van der Waals surface area (Å²) in [4.78, 5) is 4.40. The van der Waals surface area contributed by atoms with Crippen LogP contribution in [0.4, 0.5) is 0 Å². The van der Waals surface area contributed by atoms with E-state index in [9.17, 15) is 0 Å². The standard InChI is InChI=1S/C15H15N3/c1-11(16)12-5-4-6-13(9-12)18-10-17-14-7-2-3-8-15(14)18/h2-11H,16H2,1H3. The van der Waals surface area contributed by atoms with Crippen molar-refractivity contribution in [2.45, 2.75) is 13.0 Å². The maximum atomic E-state index is 5.92. The smallest absolute Gasteiger partial charge is 0.100 e. The normalized spacial score (nSPS) is 12.8. The number of aromatic nitrogens is 2. The number of imidazole rings is 1. The lowest BCUT2D eigenvalue weighted by Crippen LogP contribution is -2.05. The molecule has 0 aliphatic rings. The minimum atomic E-state index is 0.0414. The Bertz CT molecular complexity index is 683. The molecule has 0 saturated heterocycles. The van der Waals surface area contributed by atoms with E-state index in [4.69, 9.17) is 5.73 Å². The molecule has 3 heteroatoms. The second-order valence-corrected chi connectivity index (χ2v) is 4.49. The highest BCUT2D eigenvalue weighted by Crippen LogP contribution is 2.20. The summed E-state index contributed by atoms with van der Waals surface area (Å²) >= 11 is 0. The van der Waals surface area contributed by atoms with Crippen molar-refractivity contribution >= 4 is 11.0 Å². The molecule has 2 N–H and O–H groups in total. The van der Waals surface area contributed by atoms with E-state index in [0.29, 0.717) is 0 Å². The Kier molecular flexibility index (Phi) is 2.61. The number of rotatable bonds is 2. The van der Waals surface area contributed by atoms with Crippen LogP contribution < -0.4 is 5.73 Å². The van der Waals surface area contributed by atoms with E-state index in [1.165, 1.54) is 0 Å². The van der Waals surface area contributed by atoms with Crippen LogP contribution in [0.15, 0.2) is 54.9 Å². The number of nitrogens with zero attached hydrogens (tertiary/aromatic N) is 2. The first kappa shape index (κ1) is 11.0. The van der Waals surface area contributed by atoms with Crippen molar-refractivity contribution in [3.8, 4) is 5.69 Å². The molecular weight excluding hydrogens is 222 g/mol. The molecule has 0 amide bonds. The quantitative estimate of drug-likeness (QED) is 0.744. The SMILES string of the molecule is CC(N)c1cccc(-n2cnc3ccccc32)c1. The third-order valence-electron chi connectivity index (χ3n) is 3.13. The molecule has 0 bridgehead atoms. The highest BCUT2D eigenvalue weighted by atomic mass is 15.0. The zero-order chi connectivity index (χ0) is 12.5. The fourth-order valence-electron chi connectivity index (χ4n) is 2.12. The van der Waals surface area contributed by atoms with Gasteiger partial charge in [0, 0.05) is 11.7 Å². The van der Waals surface area contributed by atoms with Gasteiger partial charge in [0.05, 0.1) is 11.0 Å². The molecular formula is C15H15N3. The average Bonchev–Trinajstić information content (AvgIpc) is 2.82. The molecule has 90 valence electrons. The van der Waals surface area contributed by atoms with Crippen LogP contribution in [0.2, 0.25) is 0 Å². The number of nitrogens with two attached hydrogens (primary N) is 1. The first-order chi connectivity index (χ1) is 8.75. The summed E-state index contributed by atoms with van der Waals surface area (Å²) in [5.41, 5.74) is 10.3. The Morgan fingerprint density at radius 3 is 2.78 bits per heavy atom. The molecule has 1 unspecified atom stereocenters. The average molecular weight is 237 g/mol. The van der Waals surface area contributed by atoms with Crippen LogP contribution >= 0.6 is 0 Å². The van der Waals surface area contributed by atoms with Gasteiger partial charge in [0.15, 0.2) is 0 Å². The van der Waals surface area contributed by atoms with Crippen LogP contribution in [0.5, 0.6) is 0 Å². The maximum absolute atomic E-state index is 5.92. The van der Waals surface area contributed by atoms with Crippen LogP contribution in [0, 0.1) is 0 Å². The monoisotopic (exact) mass is 237 g/mol. The molecule has 18 heavy (non-hydrogen) atoms. The lowest BCUT2D eigenvalue weighted by Gasteiger charge is -2.09. The van der Waals surface area contributed by atoms with Crippen molar-refractivity contribution in [1.29, 1.82) is 0 Å². The van der Waals surface area contributed by atoms with Gasteiger partial charge < -0.3 is 5.73 Å². The summed E-state index contributed by atoms with van der Waals surface area (Å²) in [5, 5.41) is 0. The van der Waals surface area contributed by atoms with Gasteiger partial charge >= 0.3 is 0 Å². The summed E-state index contributed by atoms with van der Waals surface area (Å²) in [6.45, 7) is 1.99. The zero-order valence-corrected chi connectivity index (χ0v) is 10.2. The Balaban J connectivity index is 2.17. The summed E-state index contributed by atoms with van der Waals surface area (Å²) in [6.07, 6.45) is 1.85. The van der Waals surface area contributed by atoms with E-state index in [-0.39, 0.29) is 6.04 Å². The minimum absolute atomic E-state index is 0.0414. The number of benzene rings is 2. The van der Waals surface area contributed by atoms with Gasteiger partial charge in [0.1, 0.15) is 6.33 Å². The van der Waals surface area contributed by atoms with E-state index >= 15 is 0 Å². The number of hydrogen-bond donors (Lipinski definition) is 1. The molecule has 1 atom stereocenters. The minimum Gasteiger partial charge on any atom is -0.324 e. The van der Waals surface area contributed by atoms with Crippen LogP contribution in [-0.4, -0.2) is 9.55 Å². The fraction of sp³-hybridized carbons (Fsp3) is 0.133. The van der Waals surface area contributed by atoms with E-state index in [1.807, 2.05) is 43.6 Å². The highest BCUT2D eigenvalue weighted by Gasteiger charge is 2.05. The van der Waals surface area contributed by atoms with E-state index in [0.717, 1.165) is 22.3 Å². The zero-order valence-electron chi connectivity index (χ0n) is 10.2. The predicted molar refractivity (Wildman–Crippen MR) is 73.7 cm³/mol. The Hall–Kier alpha value is -2.13. The van der Waals surface area contributed by atoms with Crippen molar-refractivity contribution in [3.63, 3.8) is 0 Å². The Morgan fingerprint density at radius 2 is 1.94 bits per heavy atom. The van der Waals surface area contributed by atoms with Crippen LogP contribution in [-0.2, 0) is 0 Å². The first-order valence-electron chi connectivity index (χ1n) is 6.04. The summed E-state index contributed by atoms with van der Waals surface area (Å²) in [6, 6.07) is 16.4. The van der Waals surface area contributed by atoms with Gasteiger partial charge in [-0.15, -0.1) is 0 Å². The number of hydrogen-bond acceptors (Lipinski definition) is 2. The molecule has 1 heterocycles. The van der Waals surface area contributed by atoms with Gasteiger partial charge in [-0.05, 0) is 36.8 Å². The topological polar surface area (TPSA) is 43.8 Å². The van der Waals surface area contributed by atoms with Gasteiger partial charge in [-0.25, -0.2) is 4.98 Å². The second-order valence-electron chi connectivity index (χ2n) is 4.49. The van der Waals surface area contributed by atoms with Crippen molar-refractivity contribution in [3.05, 3.63) is 60.4 Å². The Labute approximate surface area is 106 Å². The number of fused-ring (bicyclic) bond motifs is 1.